The number of hydrogen-bond acceptors (Lipinski definition) is 3. The van der Waals surface area contributed by atoms with E-state index in [0.717, 1.165) is 54.6 Å². The number of morpholine rings is 1. The van der Waals surface area contributed by atoms with Crippen LogP contribution < -0.4 is 0 Å². The Labute approximate surface area is 185 Å². The molecule has 0 amide bonds. The van der Waals surface area contributed by atoms with Crippen molar-refractivity contribution in [3.8, 4) is 12.0 Å². The highest BCUT2D eigenvalue weighted by atomic mass is 127. The Kier molecular flexibility index (Phi) is 5.34. The molecule has 0 aromatic heterocycles. The third-order valence-corrected chi connectivity index (χ3v) is 9.85. The van der Waals surface area contributed by atoms with E-state index >= 15 is 0 Å². The number of nitrogens with zero attached hydrogens (tertiary/aromatic N) is 1. The molecule has 0 radical (unpaired) electrons. The van der Waals surface area contributed by atoms with E-state index in [2.05, 4.69) is 57.3 Å². The minimum absolute atomic E-state index is 0.425. The molecule has 1 aromatic rings. The maximum absolute atomic E-state index is 6.64. The molecule has 0 N–H and O–H groups in total. The molecule has 5 heteroatoms. The van der Waals surface area contributed by atoms with Crippen LogP contribution in [0.25, 0.3) is 0 Å². The van der Waals surface area contributed by atoms with Crippen molar-refractivity contribution >= 4 is 46.0 Å². The number of rotatable bonds is 2. The van der Waals surface area contributed by atoms with Crippen molar-refractivity contribution in [2.45, 2.75) is 48.2 Å². The monoisotopic (exact) mass is 513 g/mol. The summed E-state index contributed by atoms with van der Waals surface area (Å²) in [5.41, 5.74) is 1.04. The van der Waals surface area contributed by atoms with Crippen LogP contribution in [0.1, 0.15) is 44.1 Å². The van der Waals surface area contributed by atoms with Crippen LogP contribution in [0.2, 0.25) is 5.02 Å². The molecule has 144 valence electrons. The molecule has 0 spiro atoms. The molecule has 0 unspecified atom stereocenters. The van der Waals surface area contributed by atoms with Gasteiger partial charge in [-0.05, 0) is 96.9 Å². The summed E-state index contributed by atoms with van der Waals surface area (Å²) in [6, 6.07) is 7.53. The van der Waals surface area contributed by atoms with E-state index in [-0.39, 0.29) is 0 Å². The van der Waals surface area contributed by atoms with Crippen LogP contribution in [0, 0.1) is 33.3 Å². The van der Waals surface area contributed by atoms with Gasteiger partial charge in [0.25, 0.3) is 0 Å². The molecule has 0 atom stereocenters. The summed E-state index contributed by atoms with van der Waals surface area (Å²) in [6.45, 7) is 3.30. The van der Waals surface area contributed by atoms with Gasteiger partial charge in [-0.15, -0.1) is 11.8 Å². The molecule has 6 rings (SSSR count). The Balaban J connectivity index is 1.45. The Hall–Kier alpha value is -0.0900. The average Bonchev–Trinajstić information content (AvgIpc) is 2.64. The minimum atomic E-state index is 0.425. The Morgan fingerprint density at radius 2 is 1.70 bits per heavy atom. The molecule has 1 heterocycles. The van der Waals surface area contributed by atoms with Crippen LogP contribution in [0.3, 0.4) is 0 Å². The molecule has 5 fully saturated rings. The summed E-state index contributed by atoms with van der Waals surface area (Å²) < 4.78 is 7.16. The molecule has 1 aromatic carbocycles. The highest BCUT2D eigenvalue weighted by Crippen LogP contribution is 2.62. The summed E-state index contributed by atoms with van der Waals surface area (Å²) in [7, 11) is 0. The minimum Gasteiger partial charge on any atom is -0.378 e. The standard InChI is InChI=1S/C22H25ClINOS/c23-19-1-2-20(24)21(18(19)3-4-25-5-7-26-8-6-25)27-22-12-15-9-16(13-22)11-17(10-15)14-22/h1-2,15-17H,5-14H2. The van der Waals surface area contributed by atoms with Crippen molar-refractivity contribution in [2.75, 3.05) is 26.3 Å². The Bertz CT molecular complexity index is 760. The normalized spacial score (nSPS) is 34.4. The van der Waals surface area contributed by atoms with E-state index in [1.807, 2.05) is 6.07 Å². The molecule has 27 heavy (non-hydrogen) atoms. The largest absolute Gasteiger partial charge is 0.378 e. The molecule has 1 saturated heterocycles. The fourth-order valence-electron chi connectivity index (χ4n) is 5.93. The van der Waals surface area contributed by atoms with E-state index in [4.69, 9.17) is 16.3 Å². The highest BCUT2D eigenvalue weighted by Gasteiger charge is 2.51. The number of benzene rings is 1. The van der Waals surface area contributed by atoms with Gasteiger partial charge >= 0.3 is 0 Å². The molecule has 4 bridgehead atoms. The summed E-state index contributed by atoms with van der Waals surface area (Å²) in [6.07, 6.45) is 8.62. The summed E-state index contributed by atoms with van der Waals surface area (Å²) >= 11 is 11.2. The van der Waals surface area contributed by atoms with Crippen molar-refractivity contribution in [3.05, 3.63) is 26.3 Å². The zero-order valence-electron chi connectivity index (χ0n) is 15.5. The molecule has 4 saturated carbocycles. The zero-order chi connectivity index (χ0) is 18.4. The quantitative estimate of drug-likeness (QED) is 0.375. The average molecular weight is 514 g/mol. The van der Waals surface area contributed by atoms with Crippen molar-refractivity contribution in [3.63, 3.8) is 0 Å². The van der Waals surface area contributed by atoms with Crippen LogP contribution >= 0.6 is 46.0 Å². The lowest BCUT2D eigenvalue weighted by Crippen LogP contribution is -2.48. The van der Waals surface area contributed by atoms with Crippen LogP contribution in [0.4, 0.5) is 0 Å². The van der Waals surface area contributed by atoms with Crippen molar-refractivity contribution in [1.82, 2.24) is 4.90 Å². The highest BCUT2D eigenvalue weighted by molar-refractivity contribution is 14.1. The summed E-state index contributed by atoms with van der Waals surface area (Å²) in [5, 5.41) is 0.795. The van der Waals surface area contributed by atoms with Gasteiger partial charge in [0.05, 0.1) is 23.8 Å². The van der Waals surface area contributed by atoms with Gasteiger partial charge in [-0.1, -0.05) is 11.6 Å². The summed E-state index contributed by atoms with van der Waals surface area (Å²) in [4.78, 5) is 3.49. The van der Waals surface area contributed by atoms with Gasteiger partial charge in [0.1, 0.15) is 0 Å². The number of halogens is 2. The van der Waals surface area contributed by atoms with Gasteiger partial charge in [0, 0.05) is 32.3 Å². The van der Waals surface area contributed by atoms with Crippen LogP contribution in [0.5, 0.6) is 0 Å². The van der Waals surface area contributed by atoms with Crippen molar-refractivity contribution in [1.29, 1.82) is 0 Å². The first-order valence-electron chi connectivity index (χ1n) is 10.1. The third kappa shape index (κ3) is 3.86. The van der Waals surface area contributed by atoms with Gasteiger partial charge in [0.15, 0.2) is 0 Å². The predicted octanol–water partition coefficient (Wildman–Crippen LogP) is 5.65. The number of hydrogen-bond donors (Lipinski definition) is 0. The van der Waals surface area contributed by atoms with E-state index in [9.17, 15) is 0 Å². The van der Waals surface area contributed by atoms with Crippen molar-refractivity contribution in [2.24, 2.45) is 17.8 Å². The third-order valence-electron chi connectivity index (χ3n) is 6.71. The molecule has 4 aliphatic carbocycles. The zero-order valence-corrected chi connectivity index (χ0v) is 19.2. The molecule has 1 aliphatic heterocycles. The fourth-order valence-corrected chi connectivity index (χ4v) is 8.79. The Morgan fingerprint density at radius 1 is 1.07 bits per heavy atom. The van der Waals surface area contributed by atoms with Crippen molar-refractivity contribution < 1.29 is 4.74 Å². The second-order valence-electron chi connectivity index (χ2n) is 8.77. The van der Waals surface area contributed by atoms with Crippen LogP contribution in [0.15, 0.2) is 17.0 Å². The lowest BCUT2D eigenvalue weighted by atomic mass is 9.56. The first kappa shape index (κ1) is 18.9. The van der Waals surface area contributed by atoms with Gasteiger partial charge in [-0.25, -0.2) is 0 Å². The lowest BCUT2D eigenvalue weighted by Gasteiger charge is -2.56. The molecular formula is C22H25ClINOS. The van der Waals surface area contributed by atoms with E-state index in [1.54, 1.807) is 0 Å². The Morgan fingerprint density at radius 3 is 2.33 bits per heavy atom. The van der Waals surface area contributed by atoms with Gasteiger partial charge in [-0.2, -0.15) is 0 Å². The first-order chi connectivity index (χ1) is 13.1. The number of ether oxygens (including phenoxy) is 1. The lowest BCUT2D eigenvalue weighted by molar-refractivity contribution is 0.0383. The SMILES string of the molecule is Clc1ccc(I)c(SC23CC4CC(CC(C4)C2)C3)c1C#CN1CCOCC1. The van der Waals surface area contributed by atoms with E-state index < -0.39 is 0 Å². The van der Waals surface area contributed by atoms with Crippen LogP contribution in [-0.2, 0) is 4.74 Å². The van der Waals surface area contributed by atoms with Gasteiger partial charge in [-0.3, -0.25) is 0 Å². The fraction of sp³-hybridized carbons (Fsp3) is 0.636. The first-order valence-corrected chi connectivity index (χ1v) is 12.4. The molecule has 5 aliphatic rings. The maximum atomic E-state index is 6.64. The van der Waals surface area contributed by atoms with Gasteiger partial charge < -0.3 is 9.64 Å². The second-order valence-corrected chi connectivity index (χ2v) is 11.8. The second kappa shape index (κ2) is 7.63. The summed E-state index contributed by atoms with van der Waals surface area (Å²) in [5.74, 6) is 6.32. The van der Waals surface area contributed by atoms with Gasteiger partial charge in [0.2, 0.25) is 0 Å². The topological polar surface area (TPSA) is 12.5 Å². The van der Waals surface area contributed by atoms with Crippen LogP contribution in [-0.4, -0.2) is 36.0 Å². The number of thioether (sulfide) groups is 1. The molecule has 2 nitrogen and oxygen atoms in total. The maximum Gasteiger partial charge on any atom is 0.0649 e. The van der Waals surface area contributed by atoms with E-state index in [1.165, 1.54) is 47.0 Å². The van der Waals surface area contributed by atoms with E-state index in [0.29, 0.717) is 4.75 Å². The smallest absolute Gasteiger partial charge is 0.0649 e. The predicted molar refractivity (Wildman–Crippen MR) is 120 cm³/mol. The molecular weight excluding hydrogens is 489 g/mol.